The van der Waals surface area contributed by atoms with Gasteiger partial charge >= 0.3 is 0 Å². The highest BCUT2D eigenvalue weighted by Crippen LogP contribution is 2.41. The van der Waals surface area contributed by atoms with Gasteiger partial charge in [0.15, 0.2) is 23.3 Å². The monoisotopic (exact) mass is 558 g/mol. The molecule has 2 atom stereocenters. The van der Waals surface area contributed by atoms with Gasteiger partial charge in [-0.2, -0.15) is 0 Å². The van der Waals surface area contributed by atoms with Crippen LogP contribution in [0.15, 0.2) is 54.7 Å². The smallest absolute Gasteiger partial charge is 0.249 e. The van der Waals surface area contributed by atoms with Crippen LogP contribution in [0, 0.1) is 0 Å². The summed E-state index contributed by atoms with van der Waals surface area (Å²) >= 11 is 0. The third-order valence-corrected chi connectivity index (χ3v) is 7.40. The number of hydrogen-bond donors (Lipinski definition) is 1. The maximum atomic E-state index is 14.4. The van der Waals surface area contributed by atoms with Gasteiger partial charge in [0.1, 0.15) is 12.1 Å². The number of carbonyl (C=O) groups is 3. The normalized spacial score (nSPS) is 16.6. The van der Waals surface area contributed by atoms with Gasteiger partial charge in [0.2, 0.25) is 18.6 Å². The number of rotatable bonds is 9. The van der Waals surface area contributed by atoms with E-state index in [-0.39, 0.29) is 36.5 Å². The summed E-state index contributed by atoms with van der Waals surface area (Å²) in [5.41, 5.74) is 2.30. The molecule has 0 aliphatic carbocycles. The first-order chi connectivity index (χ1) is 19.9. The minimum atomic E-state index is -1.13. The van der Waals surface area contributed by atoms with Gasteiger partial charge in [-0.1, -0.05) is 17.3 Å². The third-order valence-electron chi connectivity index (χ3n) is 7.40. The Morgan fingerprint density at radius 2 is 1.93 bits per heavy atom. The lowest BCUT2D eigenvalue weighted by Crippen LogP contribution is -2.47. The summed E-state index contributed by atoms with van der Waals surface area (Å²) in [4.78, 5) is 42.7. The molecule has 2 aromatic carbocycles. The van der Waals surface area contributed by atoms with Gasteiger partial charge in [0.25, 0.3) is 0 Å². The molecule has 1 fully saturated rings. The number of nitrogens with one attached hydrogen (secondary N) is 1. The van der Waals surface area contributed by atoms with Crippen LogP contribution in [-0.4, -0.2) is 63.2 Å². The van der Waals surface area contributed by atoms with Crippen molar-refractivity contribution in [2.24, 2.45) is 7.05 Å². The van der Waals surface area contributed by atoms with Gasteiger partial charge in [-0.25, -0.2) is 4.68 Å². The fraction of sp³-hybridized carbons (Fsp3) is 0.345. The lowest BCUT2D eigenvalue weighted by molar-refractivity contribution is -0.127. The number of hydrogen-bond acceptors (Lipinski definition) is 8. The molecule has 2 aromatic heterocycles. The number of aromatic nitrogens is 4. The van der Waals surface area contributed by atoms with Crippen molar-refractivity contribution in [3.05, 3.63) is 66.0 Å². The number of ether oxygens (including phenoxy) is 3. The number of fused-ring (bicyclic) bond motifs is 2. The van der Waals surface area contributed by atoms with Crippen molar-refractivity contribution in [1.82, 2.24) is 24.9 Å². The molecule has 41 heavy (non-hydrogen) atoms. The minimum absolute atomic E-state index is 0.0157. The standard InChI is InChI=1S/C29H30N6O6/c1-18(36)20-13-25-26(41-17-40-25)14-24(20)35(27(37)16-34-22-9-4-3-8-21(22)31-32-34)28(23-10-5-11-33(23)2)29(38)30-15-19-7-6-12-39-19/h3-5,8-11,13-14,19,28H,6-7,12,15-17H2,1-2H3,(H,30,38)/t19-,28+/m1/s1. The second kappa shape index (κ2) is 11.0. The number of amides is 2. The van der Waals surface area contributed by atoms with Crippen LogP contribution in [0.25, 0.3) is 11.0 Å². The lowest BCUT2D eigenvalue weighted by Gasteiger charge is -2.33. The van der Waals surface area contributed by atoms with Crippen molar-refractivity contribution in [2.75, 3.05) is 24.8 Å². The number of aryl methyl sites for hydroxylation is 1. The zero-order chi connectivity index (χ0) is 28.5. The summed E-state index contributed by atoms with van der Waals surface area (Å²) in [5.74, 6) is -0.411. The van der Waals surface area contributed by atoms with Crippen molar-refractivity contribution < 1.29 is 28.6 Å². The maximum Gasteiger partial charge on any atom is 0.249 e. The Kier molecular flexibility index (Phi) is 7.14. The Morgan fingerprint density at radius 1 is 1.12 bits per heavy atom. The van der Waals surface area contributed by atoms with Crippen LogP contribution < -0.4 is 19.7 Å². The van der Waals surface area contributed by atoms with E-state index < -0.39 is 17.9 Å². The van der Waals surface area contributed by atoms with Crippen LogP contribution >= 0.6 is 0 Å². The van der Waals surface area contributed by atoms with E-state index in [0.29, 0.717) is 41.4 Å². The molecule has 12 nitrogen and oxygen atoms in total. The summed E-state index contributed by atoms with van der Waals surface area (Å²) in [7, 11) is 1.80. The average Bonchev–Trinajstić information content (AvgIpc) is 3.78. The summed E-state index contributed by atoms with van der Waals surface area (Å²) in [6.45, 7) is 2.11. The molecule has 1 N–H and O–H groups in total. The zero-order valence-corrected chi connectivity index (χ0v) is 22.8. The van der Waals surface area contributed by atoms with Crippen LogP contribution in [-0.2, 0) is 27.9 Å². The average molecular weight is 559 g/mol. The van der Waals surface area contributed by atoms with Crippen molar-refractivity contribution in [3.63, 3.8) is 0 Å². The number of para-hydroxylation sites is 1. The molecule has 12 heteroatoms. The molecule has 2 aliphatic heterocycles. The highest BCUT2D eigenvalue weighted by Gasteiger charge is 2.38. The lowest BCUT2D eigenvalue weighted by atomic mass is 10.0. The fourth-order valence-corrected chi connectivity index (χ4v) is 5.33. The second-order valence-electron chi connectivity index (χ2n) is 10.1. The quantitative estimate of drug-likeness (QED) is 0.311. The van der Waals surface area contributed by atoms with Crippen LogP contribution in [0.5, 0.6) is 11.5 Å². The summed E-state index contributed by atoms with van der Waals surface area (Å²) in [5, 5.41) is 11.3. The summed E-state index contributed by atoms with van der Waals surface area (Å²) in [6, 6.07) is 12.9. The predicted octanol–water partition coefficient (Wildman–Crippen LogP) is 2.77. The number of anilines is 1. The Bertz CT molecular complexity index is 1620. The Hall–Kier alpha value is -4.71. The zero-order valence-electron chi connectivity index (χ0n) is 22.8. The van der Waals surface area contributed by atoms with E-state index in [1.165, 1.54) is 16.5 Å². The van der Waals surface area contributed by atoms with E-state index in [0.717, 1.165) is 12.8 Å². The van der Waals surface area contributed by atoms with Gasteiger partial charge in [-0.05, 0) is 50.1 Å². The largest absolute Gasteiger partial charge is 0.454 e. The molecule has 0 saturated carbocycles. The van der Waals surface area contributed by atoms with Crippen molar-refractivity contribution in [1.29, 1.82) is 0 Å². The molecule has 2 amide bonds. The molecular formula is C29H30N6O6. The fourth-order valence-electron chi connectivity index (χ4n) is 5.33. The summed E-state index contributed by atoms with van der Waals surface area (Å²) in [6.07, 6.45) is 3.47. The van der Waals surface area contributed by atoms with Crippen molar-refractivity contribution in [3.8, 4) is 11.5 Å². The summed E-state index contributed by atoms with van der Waals surface area (Å²) < 4.78 is 20.1. The number of Topliss-reactive ketones (excluding diaryl/α,β-unsaturated/α-hetero) is 1. The van der Waals surface area contributed by atoms with E-state index in [2.05, 4.69) is 15.6 Å². The Labute approximate surface area is 235 Å². The number of benzene rings is 2. The number of ketones is 1. The molecule has 0 unspecified atom stereocenters. The van der Waals surface area contributed by atoms with Gasteiger partial charge in [0, 0.05) is 38.0 Å². The maximum absolute atomic E-state index is 14.4. The molecule has 212 valence electrons. The molecule has 4 heterocycles. The molecule has 6 rings (SSSR count). The van der Waals surface area contributed by atoms with Crippen molar-refractivity contribution in [2.45, 2.75) is 38.5 Å². The van der Waals surface area contributed by atoms with Crippen LogP contribution in [0.3, 0.4) is 0 Å². The minimum Gasteiger partial charge on any atom is -0.454 e. The van der Waals surface area contributed by atoms with Crippen LogP contribution in [0.2, 0.25) is 0 Å². The first kappa shape index (κ1) is 26.5. The van der Waals surface area contributed by atoms with Gasteiger partial charge in [0.05, 0.1) is 23.0 Å². The third kappa shape index (κ3) is 5.13. The van der Waals surface area contributed by atoms with Crippen LogP contribution in [0.4, 0.5) is 5.69 Å². The van der Waals surface area contributed by atoms with Crippen LogP contribution in [0.1, 0.15) is 41.9 Å². The van der Waals surface area contributed by atoms with E-state index in [1.54, 1.807) is 48.1 Å². The highest BCUT2D eigenvalue weighted by molar-refractivity contribution is 6.08. The topological polar surface area (TPSA) is 130 Å². The van der Waals surface area contributed by atoms with E-state index in [1.807, 2.05) is 18.2 Å². The molecular weight excluding hydrogens is 528 g/mol. The van der Waals surface area contributed by atoms with E-state index in [4.69, 9.17) is 14.2 Å². The molecule has 4 aromatic rings. The first-order valence-corrected chi connectivity index (χ1v) is 13.5. The van der Waals surface area contributed by atoms with Gasteiger partial charge in [-0.3, -0.25) is 19.3 Å². The highest BCUT2D eigenvalue weighted by atomic mass is 16.7. The molecule has 0 spiro atoms. The Balaban J connectivity index is 1.47. The van der Waals surface area contributed by atoms with E-state index >= 15 is 0 Å². The first-order valence-electron chi connectivity index (χ1n) is 13.5. The second-order valence-corrected chi connectivity index (χ2v) is 10.1. The molecule has 1 saturated heterocycles. The van der Waals surface area contributed by atoms with E-state index in [9.17, 15) is 14.4 Å². The molecule has 2 aliphatic rings. The van der Waals surface area contributed by atoms with Gasteiger partial charge < -0.3 is 24.1 Å². The van der Waals surface area contributed by atoms with Gasteiger partial charge in [-0.15, -0.1) is 5.10 Å². The Morgan fingerprint density at radius 3 is 2.66 bits per heavy atom. The van der Waals surface area contributed by atoms with Crippen molar-refractivity contribution >= 4 is 34.3 Å². The molecule has 0 bridgehead atoms. The SMILES string of the molecule is CC(=O)c1cc2c(cc1N(C(=O)Cn1nnc3ccccc31)[C@H](C(=O)NC[C@H]1CCCO1)c1cccn1C)OCO2. The molecule has 0 radical (unpaired) electrons. The number of nitrogens with zero attached hydrogens (tertiary/aromatic N) is 5. The predicted molar refractivity (Wildman–Crippen MR) is 148 cm³/mol. The number of carbonyl (C=O) groups excluding carboxylic acids is 3.